The fraction of sp³-hybridized carbons (Fsp3) is 0.347. The monoisotopic (exact) mass is 1590 g/mol. The van der Waals surface area contributed by atoms with Crippen LogP contribution in [-0.4, -0.2) is 155 Å². The highest BCUT2D eigenvalue weighted by Crippen LogP contribution is 2.48. The van der Waals surface area contributed by atoms with Crippen molar-refractivity contribution >= 4 is 82.2 Å². The maximum atomic E-state index is 11.8. The van der Waals surface area contributed by atoms with Crippen LogP contribution < -0.4 is 0 Å². The van der Waals surface area contributed by atoms with Gasteiger partial charge < -0.3 is 15.0 Å². The van der Waals surface area contributed by atoms with Crippen LogP contribution in [0.1, 0.15) is 149 Å². The van der Waals surface area contributed by atoms with Crippen molar-refractivity contribution in [3.05, 3.63) is 239 Å². The van der Waals surface area contributed by atoms with E-state index in [1.54, 1.807) is 63.5 Å². The molecule has 1 unspecified atom stereocenters. The number of aryl methyl sites for hydroxylation is 18. The number of aromatic amines is 1. The number of rotatable bonds is 11. The third kappa shape index (κ3) is 29.2. The van der Waals surface area contributed by atoms with Gasteiger partial charge in [0.1, 0.15) is 85.4 Å². The van der Waals surface area contributed by atoms with Crippen molar-refractivity contribution in [2.75, 3.05) is 13.2 Å². The Balaban J connectivity index is 0.000000229. The number of ether oxygens (including phenoxy) is 2. The van der Waals surface area contributed by atoms with E-state index < -0.39 is 5.97 Å². The topological polar surface area (TPSA) is 361 Å². The molecule has 30 nitrogen and oxygen atoms in total. The Kier molecular flexibility index (Phi) is 35.2. The Bertz CT molecular complexity index is 4800. The summed E-state index contributed by atoms with van der Waals surface area (Å²) < 4.78 is 18.3. The average molecular weight is 1600 g/mol. The zero-order valence-electron chi connectivity index (χ0n) is 65.6. The third-order valence-electron chi connectivity index (χ3n) is 14.2. The molecule has 0 radical (unpaired) electrons. The van der Waals surface area contributed by atoms with Crippen LogP contribution in [0.15, 0.2) is 92.0 Å². The van der Waals surface area contributed by atoms with Gasteiger partial charge in [-0.3, -0.25) is 19.9 Å². The van der Waals surface area contributed by atoms with E-state index in [4.69, 9.17) is 68.3 Å². The van der Waals surface area contributed by atoms with Gasteiger partial charge in [0, 0.05) is 74.0 Å². The van der Waals surface area contributed by atoms with E-state index in [9.17, 15) is 9.59 Å². The largest absolute Gasteiger partial charge is 0.466 e. The molecule has 1 aliphatic carbocycles. The predicted octanol–water partition coefficient (Wildman–Crippen LogP) is 15.4. The minimum atomic E-state index is -0.630. The molecular formula is C75H91Cl5N26O4. The maximum Gasteiger partial charge on any atom is 0.413 e. The number of carbonyl (C=O) groups is 2. The van der Waals surface area contributed by atoms with E-state index >= 15 is 0 Å². The van der Waals surface area contributed by atoms with Gasteiger partial charge in [-0.05, 0) is 212 Å². The highest BCUT2D eigenvalue weighted by Gasteiger charge is 2.46. The summed E-state index contributed by atoms with van der Waals surface area (Å²) in [4.78, 5) is 75.0. The van der Waals surface area contributed by atoms with Crippen molar-refractivity contribution in [2.24, 2.45) is 5.92 Å². The molecule has 1 saturated carbocycles. The first-order chi connectivity index (χ1) is 52.0. The Morgan fingerprint density at radius 2 is 0.827 bits per heavy atom. The number of nitrogens with one attached hydrogen (secondary N) is 1. The minimum Gasteiger partial charge on any atom is -0.466 e. The molecule has 1 N–H and O–H groups in total. The molecule has 580 valence electrons. The minimum absolute atomic E-state index is 0.0549. The molecule has 110 heavy (non-hydrogen) atoms. The van der Waals surface area contributed by atoms with Crippen molar-refractivity contribution in [1.82, 2.24) is 119 Å². The van der Waals surface area contributed by atoms with Crippen molar-refractivity contribution in [3.63, 3.8) is 0 Å². The quantitative estimate of drug-likeness (QED) is 0.0314. The summed E-state index contributed by atoms with van der Waals surface area (Å²) in [5.74, 6) is 9.67. The number of hydrogen-bond donors (Lipinski definition) is 1. The summed E-state index contributed by atoms with van der Waals surface area (Å²) in [5, 5.41) is 30.7. The first-order valence-corrected chi connectivity index (χ1v) is 36.1. The van der Waals surface area contributed by atoms with Crippen LogP contribution >= 0.6 is 58.0 Å². The highest BCUT2D eigenvalue weighted by molar-refractivity contribution is 6.34. The summed E-state index contributed by atoms with van der Waals surface area (Å²) in [5.41, 5.74) is 18.5. The Hall–Kier alpha value is -11.0. The van der Waals surface area contributed by atoms with Gasteiger partial charge in [0.2, 0.25) is 0 Å². The molecular weight excluding hydrogens is 1510 g/mol. The van der Waals surface area contributed by atoms with Gasteiger partial charge in [-0.25, -0.2) is 73.4 Å². The van der Waals surface area contributed by atoms with E-state index in [0.29, 0.717) is 50.8 Å². The molecule has 13 rings (SSSR count). The van der Waals surface area contributed by atoms with E-state index in [-0.39, 0.29) is 17.8 Å². The van der Waals surface area contributed by atoms with Crippen molar-refractivity contribution in [2.45, 2.75) is 158 Å². The summed E-state index contributed by atoms with van der Waals surface area (Å²) in [6, 6.07) is 22.2. The molecule has 0 aliphatic heterocycles. The van der Waals surface area contributed by atoms with E-state index in [2.05, 4.69) is 118 Å². The zero-order chi connectivity index (χ0) is 81.8. The first-order valence-electron chi connectivity index (χ1n) is 34.3. The van der Waals surface area contributed by atoms with Crippen LogP contribution in [0.5, 0.6) is 0 Å². The lowest BCUT2D eigenvalue weighted by Gasteiger charge is -2.08. The normalized spacial score (nSPS) is 11.9. The van der Waals surface area contributed by atoms with E-state index in [1.165, 1.54) is 0 Å². The first kappa shape index (κ1) is 89.6. The van der Waals surface area contributed by atoms with Crippen LogP contribution in [0.4, 0.5) is 0 Å². The number of H-pyrrole nitrogens is 1. The fourth-order valence-corrected chi connectivity index (χ4v) is 11.5. The summed E-state index contributed by atoms with van der Waals surface area (Å²) >= 11 is 28.9. The van der Waals surface area contributed by atoms with Gasteiger partial charge in [-0.2, -0.15) is 35.0 Å². The molecule has 0 saturated heterocycles. The van der Waals surface area contributed by atoms with Crippen LogP contribution in [0, 0.1) is 131 Å². The zero-order valence-corrected chi connectivity index (χ0v) is 69.3. The molecule has 12 aromatic rings. The lowest BCUT2D eigenvalue weighted by molar-refractivity contribution is -0.144. The second-order valence-electron chi connectivity index (χ2n) is 24.3. The van der Waals surface area contributed by atoms with E-state index in [0.717, 1.165) is 145 Å². The summed E-state index contributed by atoms with van der Waals surface area (Å²) in [6.07, 6.45) is 4.99. The van der Waals surface area contributed by atoms with Gasteiger partial charge in [0.05, 0.1) is 47.6 Å². The fourth-order valence-electron chi connectivity index (χ4n) is 10.2. The summed E-state index contributed by atoms with van der Waals surface area (Å²) in [6.45, 7) is 47.2. The Labute approximate surface area is 664 Å². The lowest BCUT2D eigenvalue weighted by Crippen LogP contribution is -2.08. The molecule has 2 atom stereocenters. The third-order valence-corrected chi connectivity index (χ3v) is 15.2. The Morgan fingerprint density at radius 1 is 0.464 bits per heavy atom. The SMILES string of the molecule is C=CC.C=Cc1cc(-n2nc(C)nc2C)cc(C)n1.CCOC(=O)C=[N+]=[N-].CCOC(=O)[C@H]1CC1c1cc(-n2nc(C)nc2C)cc(C)n1.Cc1cc(-n2nc(C)nc2C)cc(Cl)n1.Cc1cc(-n2nc(C)nc2C)cc(Cl)n1.Cc1cc(Cl)cc(-n2nc(C)nc2C)n1.Cc1cc(Cl)cc(Cl)n1.Cc1n[nH]c(C)n1. The van der Waals surface area contributed by atoms with Crippen molar-refractivity contribution in [3.8, 4) is 28.6 Å². The van der Waals surface area contributed by atoms with Crippen LogP contribution in [0.3, 0.4) is 0 Å². The summed E-state index contributed by atoms with van der Waals surface area (Å²) in [7, 11) is 0. The number of nitrogens with zero attached hydrogens (tertiary/aromatic N) is 25. The van der Waals surface area contributed by atoms with E-state index in [1.807, 2.05) is 190 Å². The molecule has 0 bridgehead atoms. The molecule has 0 amide bonds. The maximum absolute atomic E-state index is 11.8. The standard InChI is InChI=1S/C16H20N4O2.C12H14N4.3C10H11ClN4.C6H5Cl2N.C4H7N3.C4H6N2O2.C3H6/c1-5-22-16(21)14-8-13(14)15-7-12(6-9(2)17-15)20-11(4)18-10(3)19-20;1-5-11-7-12(6-8(2)13-11)16-10(4)14-9(3)15-16;2*1-6-4-9(5-10(11)12-6)15-8(3)13-7(2)14-15;1-6-4-9(11)5-10(12-6)15-8(3)13-7(2)14-15;1-4-2-5(7)3-6(8)9-4;1-3-5-4(2)7-6-3;1-2-8-4(7)3-6-5;1-3-2/h6-7,13-14H,5,8H2,1-4H3;5-7H,1H2,2-4H3;3*4-5H,1-3H3;2-3H,1H3;1-2H3,(H,5,6,7);3H,2H2,1H3;3H,1H2,2H3/t13?,14-;;;;;;;;/m0......../s1. The number of halogens is 5. The molecule has 1 aliphatic rings. The lowest BCUT2D eigenvalue weighted by atomic mass is 10.2. The second kappa shape index (κ2) is 43.3. The molecule has 12 heterocycles. The number of hydrogen-bond acceptors (Lipinski definition) is 22. The van der Waals surface area contributed by atoms with Crippen LogP contribution in [-0.2, 0) is 19.1 Å². The second-order valence-corrected chi connectivity index (χ2v) is 26.3. The molecule has 35 heteroatoms. The highest BCUT2D eigenvalue weighted by atomic mass is 35.5. The number of pyridine rings is 6. The van der Waals surface area contributed by atoms with Gasteiger partial charge in [-0.1, -0.05) is 70.7 Å². The number of carbonyl (C=O) groups excluding carboxylic acids is 2. The average Bonchev–Trinajstić information content (AvgIpc) is 1.62. The molecule has 0 spiro atoms. The van der Waals surface area contributed by atoms with Gasteiger partial charge in [0.25, 0.3) is 0 Å². The molecule has 0 aromatic carbocycles. The number of allylic oxidation sites excluding steroid dienone is 1. The van der Waals surface area contributed by atoms with Gasteiger partial charge >= 0.3 is 18.2 Å². The number of aromatic nitrogens is 24. The van der Waals surface area contributed by atoms with Gasteiger partial charge in [0.15, 0.2) is 5.82 Å². The predicted molar refractivity (Wildman–Crippen MR) is 426 cm³/mol. The molecule has 1 fully saturated rings. The number of esters is 2. The van der Waals surface area contributed by atoms with Crippen LogP contribution in [0.2, 0.25) is 25.5 Å². The smallest absolute Gasteiger partial charge is 0.413 e. The van der Waals surface area contributed by atoms with Crippen molar-refractivity contribution < 1.29 is 23.9 Å². The molecule has 12 aromatic heterocycles. The van der Waals surface area contributed by atoms with Crippen LogP contribution in [0.25, 0.3) is 40.2 Å². The Morgan fingerprint density at radius 3 is 1.15 bits per heavy atom. The van der Waals surface area contributed by atoms with Crippen molar-refractivity contribution in [1.29, 1.82) is 0 Å². The van der Waals surface area contributed by atoms with Gasteiger partial charge in [-0.15, -0.1) is 11.7 Å².